The number of nitrogens with zero attached hydrogens (tertiary/aromatic N) is 2. The van der Waals surface area contributed by atoms with Crippen molar-refractivity contribution < 1.29 is 4.79 Å². The summed E-state index contributed by atoms with van der Waals surface area (Å²) in [5.41, 5.74) is 1.78. The van der Waals surface area contributed by atoms with Crippen LogP contribution in [-0.4, -0.2) is 40.1 Å². The Labute approximate surface area is 131 Å². The number of hydrogen-bond donors (Lipinski definition) is 2. The number of hydrogen-bond acceptors (Lipinski definition) is 6. The molecule has 0 aromatic carbocycles. The first-order valence-electron chi connectivity index (χ1n) is 6.77. The second kappa shape index (κ2) is 7.02. The summed E-state index contributed by atoms with van der Waals surface area (Å²) in [6.45, 7) is 0.622. The van der Waals surface area contributed by atoms with E-state index in [-0.39, 0.29) is 11.9 Å². The zero-order valence-corrected chi connectivity index (χ0v) is 13.0. The summed E-state index contributed by atoms with van der Waals surface area (Å²) < 4.78 is 0. The van der Waals surface area contributed by atoms with Gasteiger partial charge in [0, 0.05) is 36.2 Å². The van der Waals surface area contributed by atoms with Gasteiger partial charge in [-0.2, -0.15) is 0 Å². The fraction of sp³-hybridized carbons (Fsp3) is 0.357. The summed E-state index contributed by atoms with van der Waals surface area (Å²) in [6.07, 6.45) is 2.52. The van der Waals surface area contributed by atoms with Gasteiger partial charge in [0.25, 0.3) is 0 Å². The molecule has 2 aromatic heterocycles. The molecule has 3 heterocycles. The lowest BCUT2D eigenvalue weighted by Gasteiger charge is -2.09. The van der Waals surface area contributed by atoms with Crippen LogP contribution in [0.5, 0.6) is 0 Å². The van der Waals surface area contributed by atoms with Crippen LogP contribution < -0.4 is 10.6 Å². The molecule has 1 fully saturated rings. The van der Waals surface area contributed by atoms with Crippen molar-refractivity contribution in [3.8, 4) is 11.4 Å². The summed E-state index contributed by atoms with van der Waals surface area (Å²) in [6, 6.07) is 5.75. The van der Waals surface area contributed by atoms with E-state index in [1.54, 1.807) is 29.3 Å². The SMILES string of the molecule is O=C(NCCc1nc(-c2ccccn2)cs1)C1CSCN1. The number of pyridine rings is 1. The molecule has 0 aliphatic carbocycles. The van der Waals surface area contributed by atoms with Gasteiger partial charge in [-0.15, -0.1) is 23.1 Å². The van der Waals surface area contributed by atoms with Gasteiger partial charge in [0.2, 0.25) is 5.91 Å². The van der Waals surface area contributed by atoms with Crippen LogP contribution in [0.15, 0.2) is 29.8 Å². The van der Waals surface area contributed by atoms with E-state index in [0.29, 0.717) is 6.54 Å². The zero-order valence-electron chi connectivity index (χ0n) is 11.4. The van der Waals surface area contributed by atoms with Gasteiger partial charge in [-0.1, -0.05) is 6.07 Å². The number of thiazole rings is 1. The van der Waals surface area contributed by atoms with Gasteiger partial charge in [0.05, 0.1) is 22.4 Å². The molecule has 2 aromatic rings. The highest BCUT2D eigenvalue weighted by Crippen LogP contribution is 2.19. The molecule has 1 aliphatic heterocycles. The average molecular weight is 320 g/mol. The molecule has 1 unspecified atom stereocenters. The largest absolute Gasteiger partial charge is 0.354 e. The maximum atomic E-state index is 11.8. The first kappa shape index (κ1) is 14.5. The number of carbonyl (C=O) groups excluding carboxylic acids is 1. The van der Waals surface area contributed by atoms with Crippen molar-refractivity contribution >= 4 is 29.0 Å². The number of amides is 1. The van der Waals surface area contributed by atoms with Gasteiger partial charge in [-0.05, 0) is 12.1 Å². The van der Waals surface area contributed by atoms with Crippen molar-refractivity contribution in [3.05, 3.63) is 34.8 Å². The van der Waals surface area contributed by atoms with Crippen molar-refractivity contribution in [2.45, 2.75) is 12.5 Å². The van der Waals surface area contributed by atoms with E-state index in [9.17, 15) is 4.79 Å². The van der Waals surface area contributed by atoms with E-state index in [2.05, 4.69) is 20.6 Å². The molecule has 0 saturated carbocycles. The quantitative estimate of drug-likeness (QED) is 0.874. The smallest absolute Gasteiger partial charge is 0.238 e. The van der Waals surface area contributed by atoms with Crippen LogP contribution in [0.4, 0.5) is 0 Å². The first-order chi connectivity index (χ1) is 10.3. The van der Waals surface area contributed by atoms with E-state index in [1.165, 1.54) is 0 Å². The van der Waals surface area contributed by atoms with Gasteiger partial charge in [0.1, 0.15) is 0 Å². The Morgan fingerprint density at radius 2 is 2.38 bits per heavy atom. The van der Waals surface area contributed by atoms with Gasteiger partial charge in [-0.3, -0.25) is 15.1 Å². The molecule has 1 saturated heterocycles. The Morgan fingerprint density at radius 3 is 3.14 bits per heavy atom. The molecule has 1 aliphatic rings. The molecule has 0 radical (unpaired) electrons. The summed E-state index contributed by atoms with van der Waals surface area (Å²) in [7, 11) is 0. The average Bonchev–Trinajstić information content (AvgIpc) is 3.20. The third-order valence-electron chi connectivity index (χ3n) is 3.15. The van der Waals surface area contributed by atoms with Crippen LogP contribution in [0, 0.1) is 0 Å². The Morgan fingerprint density at radius 1 is 1.43 bits per heavy atom. The number of nitrogens with one attached hydrogen (secondary N) is 2. The Kier molecular flexibility index (Phi) is 4.84. The summed E-state index contributed by atoms with van der Waals surface area (Å²) >= 11 is 3.36. The molecule has 1 atom stereocenters. The number of thioether (sulfide) groups is 1. The predicted molar refractivity (Wildman–Crippen MR) is 86.3 cm³/mol. The lowest BCUT2D eigenvalue weighted by Crippen LogP contribution is -2.42. The van der Waals surface area contributed by atoms with Crippen LogP contribution in [-0.2, 0) is 11.2 Å². The molecule has 1 amide bonds. The molecular formula is C14H16N4OS2. The Bertz CT molecular complexity index is 596. The van der Waals surface area contributed by atoms with Crippen molar-refractivity contribution in [2.24, 2.45) is 0 Å². The standard InChI is InChI=1S/C14H16N4OS2/c19-14(12-7-20-9-17-12)16-6-4-13-18-11(8-21-13)10-3-1-2-5-15-10/h1-3,5,8,12,17H,4,6-7,9H2,(H,16,19). The maximum Gasteiger partial charge on any atom is 0.238 e. The van der Waals surface area contributed by atoms with Crippen LogP contribution in [0.1, 0.15) is 5.01 Å². The van der Waals surface area contributed by atoms with E-state index < -0.39 is 0 Å². The predicted octanol–water partition coefficient (Wildman–Crippen LogP) is 1.53. The molecule has 0 spiro atoms. The van der Waals surface area contributed by atoms with Crippen molar-refractivity contribution in [3.63, 3.8) is 0 Å². The normalized spacial score (nSPS) is 17.8. The minimum Gasteiger partial charge on any atom is -0.354 e. The third-order valence-corrected chi connectivity index (χ3v) is 5.00. The Balaban J connectivity index is 1.50. The van der Waals surface area contributed by atoms with E-state index in [0.717, 1.165) is 34.4 Å². The minimum atomic E-state index is -0.0459. The topological polar surface area (TPSA) is 66.9 Å². The highest BCUT2D eigenvalue weighted by Gasteiger charge is 2.21. The number of carbonyl (C=O) groups is 1. The minimum absolute atomic E-state index is 0.0459. The fourth-order valence-corrected chi connectivity index (χ4v) is 3.77. The number of aromatic nitrogens is 2. The van der Waals surface area contributed by atoms with Crippen molar-refractivity contribution in [2.75, 3.05) is 18.2 Å². The van der Waals surface area contributed by atoms with Crippen LogP contribution in [0.2, 0.25) is 0 Å². The summed E-state index contributed by atoms with van der Waals surface area (Å²) in [4.78, 5) is 20.7. The van der Waals surface area contributed by atoms with Gasteiger partial charge >= 0.3 is 0 Å². The lowest BCUT2D eigenvalue weighted by atomic mass is 10.3. The second-order valence-electron chi connectivity index (χ2n) is 4.65. The Hall–Kier alpha value is -1.44. The third kappa shape index (κ3) is 3.81. The molecule has 5 nitrogen and oxygen atoms in total. The van der Waals surface area contributed by atoms with Crippen molar-refractivity contribution in [1.82, 2.24) is 20.6 Å². The molecular weight excluding hydrogens is 304 g/mol. The molecule has 2 N–H and O–H groups in total. The highest BCUT2D eigenvalue weighted by atomic mass is 32.2. The monoisotopic (exact) mass is 320 g/mol. The molecule has 7 heteroatoms. The van der Waals surface area contributed by atoms with E-state index >= 15 is 0 Å². The second-order valence-corrected chi connectivity index (χ2v) is 6.63. The van der Waals surface area contributed by atoms with Crippen LogP contribution in [0.3, 0.4) is 0 Å². The fourth-order valence-electron chi connectivity index (χ4n) is 2.04. The van der Waals surface area contributed by atoms with Crippen LogP contribution >= 0.6 is 23.1 Å². The highest BCUT2D eigenvalue weighted by molar-refractivity contribution is 7.99. The van der Waals surface area contributed by atoms with Gasteiger partial charge < -0.3 is 5.32 Å². The number of rotatable bonds is 5. The zero-order chi connectivity index (χ0) is 14.5. The summed E-state index contributed by atoms with van der Waals surface area (Å²) in [5, 5.41) is 9.15. The van der Waals surface area contributed by atoms with Crippen LogP contribution in [0.25, 0.3) is 11.4 Å². The van der Waals surface area contributed by atoms with Crippen molar-refractivity contribution in [1.29, 1.82) is 0 Å². The first-order valence-corrected chi connectivity index (χ1v) is 8.81. The van der Waals surface area contributed by atoms with Gasteiger partial charge in [-0.25, -0.2) is 4.98 Å². The molecule has 0 bridgehead atoms. The molecule has 21 heavy (non-hydrogen) atoms. The summed E-state index contributed by atoms with van der Waals surface area (Å²) in [5.74, 6) is 1.80. The molecule has 110 valence electrons. The maximum absolute atomic E-state index is 11.8. The van der Waals surface area contributed by atoms with Gasteiger partial charge in [0.15, 0.2) is 0 Å². The lowest BCUT2D eigenvalue weighted by molar-refractivity contribution is -0.122. The van der Waals surface area contributed by atoms with E-state index in [4.69, 9.17) is 0 Å². The molecule has 3 rings (SSSR count). The van der Waals surface area contributed by atoms with E-state index in [1.807, 2.05) is 23.6 Å².